The molecule has 1 unspecified atom stereocenters. The molecule has 4 nitrogen and oxygen atoms in total. The number of carbonyl (C=O) groups excluding carboxylic acids is 1. The molecule has 0 aromatic carbocycles. The van der Waals surface area contributed by atoms with Gasteiger partial charge in [0.2, 0.25) is 0 Å². The van der Waals surface area contributed by atoms with E-state index in [1.807, 2.05) is 20.8 Å². The smallest absolute Gasteiger partial charge is 0.326 e. The average molecular weight is 298 g/mol. The summed E-state index contributed by atoms with van der Waals surface area (Å²) in [6.45, 7) is 12.8. The summed E-state index contributed by atoms with van der Waals surface area (Å²) >= 11 is 0. The number of likely N-dealkylation sites (N-methyl/N-ethyl adjacent to an activating group) is 1. The second kappa shape index (κ2) is 8.74. The first-order valence-electron chi connectivity index (χ1n) is 8.62. The Kier molecular flexibility index (Phi) is 7.67. The van der Waals surface area contributed by atoms with Crippen molar-refractivity contribution in [3.8, 4) is 0 Å². The molecule has 0 bridgehead atoms. The predicted octanol–water partition coefficient (Wildman–Crippen LogP) is 2.96. The monoisotopic (exact) mass is 298 g/mol. The van der Waals surface area contributed by atoms with E-state index in [1.54, 1.807) is 0 Å². The van der Waals surface area contributed by atoms with Gasteiger partial charge in [-0.25, -0.2) is 0 Å². The molecule has 3 atom stereocenters. The van der Waals surface area contributed by atoms with E-state index in [0.717, 1.165) is 25.9 Å². The summed E-state index contributed by atoms with van der Waals surface area (Å²) in [5, 5.41) is 3.31. The maximum atomic E-state index is 12.2. The third-order valence-corrected chi connectivity index (χ3v) is 4.76. The lowest BCUT2D eigenvalue weighted by Crippen LogP contribution is -2.51. The minimum Gasteiger partial charge on any atom is -0.465 e. The highest BCUT2D eigenvalue weighted by Gasteiger charge is 2.34. The van der Waals surface area contributed by atoms with Crippen LogP contribution in [0.15, 0.2) is 0 Å². The lowest BCUT2D eigenvalue weighted by Gasteiger charge is -2.39. The molecular formula is C17H34N2O2. The SMILES string of the molecule is CCNC(C)(CCCN1[C@H](C)CCC[C@@H]1C)C(=O)OCC. The molecule has 1 fully saturated rings. The number of nitrogens with one attached hydrogen (secondary N) is 1. The second-order valence-corrected chi connectivity index (χ2v) is 6.55. The van der Waals surface area contributed by atoms with Crippen molar-refractivity contribution >= 4 is 5.97 Å². The van der Waals surface area contributed by atoms with Crippen molar-refractivity contribution < 1.29 is 9.53 Å². The number of hydrogen-bond acceptors (Lipinski definition) is 4. The van der Waals surface area contributed by atoms with Gasteiger partial charge in [-0.1, -0.05) is 13.3 Å². The molecule has 4 heteroatoms. The molecule has 0 aromatic rings. The van der Waals surface area contributed by atoms with Gasteiger partial charge in [0, 0.05) is 12.1 Å². The molecule has 0 radical (unpaired) electrons. The van der Waals surface area contributed by atoms with Crippen LogP contribution in [0.3, 0.4) is 0 Å². The van der Waals surface area contributed by atoms with Gasteiger partial charge in [-0.3, -0.25) is 9.69 Å². The third kappa shape index (κ3) is 5.26. The summed E-state index contributed by atoms with van der Waals surface area (Å²) in [6.07, 6.45) is 5.79. The van der Waals surface area contributed by atoms with Crippen molar-refractivity contribution in [1.29, 1.82) is 0 Å². The molecule has 21 heavy (non-hydrogen) atoms. The maximum absolute atomic E-state index is 12.2. The Hall–Kier alpha value is -0.610. The van der Waals surface area contributed by atoms with Gasteiger partial charge in [-0.05, 0) is 66.5 Å². The van der Waals surface area contributed by atoms with Crippen LogP contribution in [0.25, 0.3) is 0 Å². The Balaban J connectivity index is 2.51. The average Bonchev–Trinajstić information content (AvgIpc) is 2.42. The molecule has 1 rings (SSSR count). The fourth-order valence-corrected chi connectivity index (χ4v) is 3.47. The van der Waals surface area contributed by atoms with Gasteiger partial charge in [0.1, 0.15) is 5.54 Å². The van der Waals surface area contributed by atoms with Crippen molar-refractivity contribution in [3.05, 3.63) is 0 Å². The summed E-state index contributed by atoms with van der Waals surface area (Å²) in [4.78, 5) is 14.8. The van der Waals surface area contributed by atoms with Gasteiger partial charge in [0.25, 0.3) is 0 Å². The number of likely N-dealkylation sites (tertiary alicyclic amines) is 1. The standard InChI is InChI=1S/C17H34N2O2/c1-6-18-17(5,16(20)21-7-2)12-9-13-19-14(3)10-8-11-15(19)4/h14-15,18H,6-13H2,1-5H3/t14-,15+,17?. The molecular weight excluding hydrogens is 264 g/mol. The van der Waals surface area contributed by atoms with Crippen LogP contribution in [0, 0.1) is 0 Å². The van der Waals surface area contributed by atoms with E-state index in [-0.39, 0.29) is 5.97 Å². The first-order chi connectivity index (χ1) is 9.94. The van der Waals surface area contributed by atoms with Crippen LogP contribution in [0.5, 0.6) is 0 Å². The van der Waals surface area contributed by atoms with E-state index in [9.17, 15) is 4.79 Å². The Labute approximate surface area is 130 Å². The first kappa shape index (κ1) is 18.4. The summed E-state index contributed by atoms with van der Waals surface area (Å²) in [7, 11) is 0. The number of ether oxygens (including phenoxy) is 1. The van der Waals surface area contributed by atoms with Gasteiger partial charge in [-0.2, -0.15) is 0 Å². The van der Waals surface area contributed by atoms with Crippen LogP contribution in [-0.2, 0) is 9.53 Å². The largest absolute Gasteiger partial charge is 0.465 e. The summed E-state index contributed by atoms with van der Waals surface area (Å²) < 4.78 is 5.23. The molecule has 1 aliphatic heterocycles. The van der Waals surface area contributed by atoms with E-state index in [1.165, 1.54) is 19.3 Å². The Bertz CT molecular complexity index is 312. The number of rotatable bonds is 8. The van der Waals surface area contributed by atoms with Gasteiger partial charge in [-0.15, -0.1) is 0 Å². The predicted molar refractivity (Wildman–Crippen MR) is 87.4 cm³/mol. The molecule has 124 valence electrons. The van der Waals surface area contributed by atoms with Crippen LogP contribution in [0.2, 0.25) is 0 Å². The Morgan fingerprint density at radius 1 is 1.29 bits per heavy atom. The molecule has 0 saturated carbocycles. The fourth-order valence-electron chi connectivity index (χ4n) is 3.47. The van der Waals surface area contributed by atoms with E-state index in [4.69, 9.17) is 4.74 Å². The van der Waals surface area contributed by atoms with Crippen molar-refractivity contribution in [2.24, 2.45) is 0 Å². The number of piperidine rings is 1. The Morgan fingerprint density at radius 2 is 1.90 bits per heavy atom. The highest BCUT2D eigenvalue weighted by atomic mass is 16.5. The van der Waals surface area contributed by atoms with E-state index < -0.39 is 5.54 Å². The van der Waals surface area contributed by atoms with E-state index in [2.05, 4.69) is 24.1 Å². The zero-order valence-corrected chi connectivity index (χ0v) is 14.6. The fraction of sp³-hybridized carbons (Fsp3) is 0.941. The van der Waals surface area contributed by atoms with Crippen LogP contribution in [0.1, 0.15) is 66.7 Å². The molecule has 1 aliphatic rings. The quantitative estimate of drug-likeness (QED) is 0.700. The van der Waals surface area contributed by atoms with Crippen LogP contribution < -0.4 is 5.32 Å². The number of carbonyl (C=O) groups is 1. The molecule has 0 amide bonds. The minimum atomic E-state index is -0.549. The second-order valence-electron chi connectivity index (χ2n) is 6.55. The highest BCUT2D eigenvalue weighted by Crippen LogP contribution is 2.24. The zero-order chi connectivity index (χ0) is 15.9. The maximum Gasteiger partial charge on any atom is 0.326 e. The highest BCUT2D eigenvalue weighted by molar-refractivity contribution is 5.80. The van der Waals surface area contributed by atoms with Crippen molar-refractivity contribution in [2.75, 3.05) is 19.7 Å². The minimum absolute atomic E-state index is 0.119. The van der Waals surface area contributed by atoms with Crippen LogP contribution >= 0.6 is 0 Å². The lowest BCUT2D eigenvalue weighted by atomic mass is 9.93. The lowest BCUT2D eigenvalue weighted by molar-refractivity contribution is -0.150. The molecule has 0 spiro atoms. The van der Waals surface area contributed by atoms with Gasteiger partial charge in [0.15, 0.2) is 0 Å². The molecule has 0 aliphatic carbocycles. The third-order valence-electron chi connectivity index (χ3n) is 4.76. The number of hydrogen-bond donors (Lipinski definition) is 1. The van der Waals surface area contributed by atoms with Crippen molar-refractivity contribution in [2.45, 2.75) is 84.3 Å². The molecule has 0 aromatic heterocycles. The van der Waals surface area contributed by atoms with Gasteiger partial charge < -0.3 is 10.1 Å². The van der Waals surface area contributed by atoms with Crippen LogP contribution in [-0.4, -0.2) is 48.2 Å². The van der Waals surface area contributed by atoms with Gasteiger partial charge in [0.05, 0.1) is 6.61 Å². The number of esters is 1. The normalized spacial score (nSPS) is 26.3. The van der Waals surface area contributed by atoms with Crippen molar-refractivity contribution in [1.82, 2.24) is 10.2 Å². The summed E-state index contributed by atoms with van der Waals surface area (Å²) in [5.74, 6) is -0.119. The molecule has 1 saturated heterocycles. The van der Waals surface area contributed by atoms with Crippen molar-refractivity contribution in [3.63, 3.8) is 0 Å². The van der Waals surface area contributed by atoms with E-state index in [0.29, 0.717) is 18.7 Å². The molecule has 1 heterocycles. The Morgan fingerprint density at radius 3 is 2.43 bits per heavy atom. The zero-order valence-electron chi connectivity index (χ0n) is 14.6. The molecule has 1 N–H and O–H groups in total. The summed E-state index contributed by atoms with van der Waals surface area (Å²) in [6, 6.07) is 1.34. The van der Waals surface area contributed by atoms with Crippen LogP contribution in [0.4, 0.5) is 0 Å². The topological polar surface area (TPSA) is 41.6 Å². The van der Waals surface area contributed by atoms with E-state index >= 15 is 0 Å². The summed E-state index contributed by atoms with van der Waals surface area (Å²) in [5.41, 5.74) is -0.549. The first-order valence-corrected chi connectivity index (χ1v) is 8.62. The number of nitrogens with zero attached hydrogens (tertiary/aromatic N) is 1. The van der Waals surface area contributed by atoms with Gasteiger partial charge >= 0.3 is 5.97 Å².